The van der Waals surface area contributed by atoms with Crippen LogP contribution >= 0.6 is 0 Å². The summed E-state index contributed by atoms with van der Waals surface area (Å²) in [6.45, 7) is 6.03. The maximum Gasteiger partial charge on any atom is 0.261 e. The number of anilines is 2. The van der Waals surface area contributed by atoms with Crippen LogP contribution in [0.5, 0.6) is 0 Å². The van der Waals surface area contributed by atoms with E-state index in [-0.39, 0.29) is 4.90 Å². The highest BCUT2D eigenvalue weighted by Gasteiger charge is 2.17. The fraction of sp³-hybridized carbons (Fsp3) is 0.333. The predicted molar refractivity (Wildman–Crippen MR) is 94.6 cm³/mol. The zero-order valence-electron chi connectivity index (χ0n) is 13.5. The molecule has 0 spiro atoms. The van der Waals surface area contributed by atoms with Gasteiger partial charge in [0.1, 0.15) is 0 Å². The van der Waals surface area contributed by atoms with Gasteiger partial charge in [-0.1, -0.05) is 17.7 Å². The number of hydrogen-bond donors (Lipinski definition) is 1. The highest BCUT2D eigenvalue weighted by atomic mass is 32.2. The molecule has 1 heterocycles. The summed E-state index contributed by atoms with van der Waals surface area (Å²) in [7, 11) is -3.55. The van der Waals surface area contributed by atoms with E-state index >= 15 is 0 Å². The fourth-order valence-electron chi connectivity index (χ4n) is 2.86. The Morgan fingerprint density at radius 1 is 0.957 bits per heavy atom. The van der Waals surface area contributed by atoms with Gasteiger partial charge in [-0.15, -0.1) is 0 Å². The van der Waals surface area contributed by atoms with E-state index in [1.807, 2.05) is 26.0 Å². The van der Waals surface area contributed by atoms with Gasteiger partial charge in [0.15, 0.2) is 0 Å². The molecule has 2 aromatic rings. The van der Waals surface area contributed by atoms with E-state index in [0.29, 0.717) is 5.69 Å². The maximum absolute atomic E-state index is 12.5. The summed E-state index contributed by atoms with van der Waals surface area (Å²) in [5.41, 5.74) is 3.77. The van der Waals surface area contributed by atoms with Gasteiger partial charge in [-0.05, 0) is 62.6 Å². The van der Waals surface area contributed by atoms with Crippen molar-refractivity contribution in [3.63, 3.8) is 0 Å². The number of benzene rings is 2. The van der Waals surface area contributed by atoms with Crippen molar-refractivity contribution >= 4 is 21.4 Å². The molecule has 0 aliphatic carbocycles. The Hall–Kier alpha value is -2.01. The topological polar surface area (TPSA) is 49.4 Å². The van der Waals surface area contributed by atoms with Gasteiger partial charge >= 0.3 is 0 Å². The van der Waals surface area contributed by atoms with Gasteiger partial charge < -0.3 is 4.90 Å². The van der Waals surface area contributed by atoms with E-state index in [4.69, 9.17) is 0 Å². The van der Waals surface area contributed by atoms with E-state index in [0.717, 1.165) is 24.2 Å². The Labute approximate surface area is 138 Å². The second kappa shape index (κ2) is 6.24. The number of sulfonamides is 1. The molecule has 1 N–H and O–H groups in total. The summed E-state index contributed by atoms with van der Waals surface area (Å²) in [6, 6.07) is 12.8. The van der Waals surface area contributed by atoms with Crippen LogP contribution in [0.1, 0.15) is 24.0 Å². The molecule has 0 bridgehead atoms. The van der Waals surface area contributed by atoms with Crippen LogP contribution in [0, 0.1) is 13.8 Å². The first kappa shape index (κ1) is 15.9. The molecule has 0 radical (unpaired) electrons. The molecule has 122 valence electrons. The Morgan fingerprint density at radius 3 is 2.22 bits per heavy atom. The van der Waals surface area contributed by atoms with Crippen LogP contribution in [-0.4, -0.2) is 21.5 Å². The third kappa shape index (κ3) is 3.50. The van der Waals surface area contributed by atoms with Gasteiger partial charge in [0.25, 0.3) is 10.0 Å². The number of nitrogens with zero attached hydrogens (tertiary/aromatic N) is 1. The van der Waals surface area contributed by atoms with Crippen molar-refractivity contribution in [3.05, 3.63) is 53.6 Å². The van der Waals surface area contributed by atoms with Crippen molar-refractivity contribution in [1.29, 1.82) is 0 Å². The van der Waals surface area contributed by atoms with Crippen molar-refractivity contribution in [2.75, 3.05) is 22.7 Å². The lowest BCUT2D eigenvalue weighted by Crippen LogP contribution is -2.18. The van der Waals surface area contributed by atoms with Crippen molar-refractivity contribution in [3.8, 4) is 0 Å². The van der Waals surface area contributed by atoms with Crippen molar-refractivity contribution in [2.45, 2.75) is 31.6 Å². The first-order chi connectivity index (χ1) is 11.0. The molecule has 1 aliphatic heterocycles. The minimum absolute atomic E-state index is 0.283. The molecule has 0 atom stereocenters. The third-order valence-electron chi connectivity index (χ3n) is 4.26. The zero-order chi connectivity index (χ0) is 16.4. The van der Waals surface area contributed by atoms with Gasteiger partial charge in [-0.25, -0.2) is 8.42 Å². The molecule has 1 fully saturated rings. The van der Waals surface area contributed by atoms with Crippen LogP contribution in [0.25, 0.3) is 0 Å². The Balaban J connectivity index is 1.83. The normalized spacial score (nSPS) is 15.0. The lowest BCUT2D eigenvalue weighted by molar-refractivity contribution is 0.601. The van der Waals surface area contributed by atoms with Crippen LogP contribution < -0.4 is 9.62 Å². The van der Waals surface area contributed by atoms with Crippen LogP contribution in [0.15, 0.2) is 47.4 Å². The molecule has 23 heavy (non-hydrogen) atoms. The standard InChI is InChI=1S/C18H22N2O2S/c1-14-5-8-17(9-6-14)23(21,22)19-18-10-7-16(13-15(18)2)20-11-3-4-12-20/h5-10,13,19H,3-4,11-12H2,1-2H3. The Kier molecular flexibility index (Phi) is 4.31. The SMILES string of the molecule is Cc1ccc(S(=O)(=O)Nc2ccc(N3CCCC3)cc2C)cc1. The largest absolute Gasteiger partial charge is 0.372 e. The van der Waals surface area contributed by atoms with Gasteiger partial charge in [0.05, 0.1) is 10.6 Å². The smallest absolute Gasteiger partial charge is 0.261 e. The molecule has 0 unspecified atom stereocenters. The Bertz CT molecular complexity index is 792. The highest BCUT2D eigenvalue weighted by molar-refractivity contribution is 7.92. The average Bonchev–Trinajstić information content (AvgIpc) is 3.04. The van der Waals surface area contributed by atoms with Crippen molar-refractivity contribution < 1.29 is 8.42 Å². The van der Waals surface area contributed by atoms with Crippen LogP contribution in [-0.2, 0) is 10.0 Å². The molecule has 0 aromatic heterocycles. The number of rotatable bonds is 4. The summed E-state index contributed by atoms with van der Waals surface area (Å²) in [4.78, 5) is 2.62. The summed E-state index contributed by atoms with van der Waals surface area (Å²) < 4.78 is 27.7. The zero-order valence-corrected chi connectivity index (χ0v) is 14.4. The van der Waals surface area contributed by atoms with Gasteiger partial charge in [0.2, 0.25) is 0 Å². The van der Waals surface area contributed by atoms with Gasteiger partial charge in [-0.3, -0.25) is 4.72 Å². The van der Waals surface area contributed by atoms with E-state index in [1.54, 1.807) is 24.3 Å². The summed E-state index contributed by atoms with van der Waals surface area (Å²) >= 11 is 0. The Morgan fingerprint density at radius 2 is 1.61 bits per heavy atom. The summed E-state index contributed by atoms with van der Waals surface area (Å²) in [5, 5.41) is 0. The number of aryl methyl sites for hydroxylation is 2. The van der Waals surface area contributed by atoms with Gasteiger partial charge in [-0.2, -0.15) is 0 Å². The van der Waals surface area contributed by atoms with Crippen LogP contribution in [0.2, 0.25) is 0 Å². The molecule has 0 saturated carbocycles. The van der Waals surface area contributed by atoms with Crippen molar-refractivity contribution in [2.24, 2.45) is 0 Å². The monoisotopic (exact) mass is 330 g/mol. The predicted octanol–water partition coefficient (Wildman–Crippen LogP) is 3.70. The maximum atomic E-state index is 12.5. The van der Waals surface area contributed by atoms with E-state index < -0.39 is 10.0 Å². The summed E-state index contributed by atoms with van der Waals surface area (Å²) in [6.07, 6.45) is 2.45. The second-order valence-electron chi connectivity index (χ2n) is 6.11. The quantitative estimate of drug-likeness (QED) is 0.930. The second-order valence-corrected chi connectivity index (χ2v) is 7.79. The first-order valence-electron chi connectivity index (χ1n) is 7.91. The summed E-state index contributed by atoms with van der Waals surface area (Å²) in [5.74, 6) is 0. The minimum atomic E-state index is -3.55. The molecule has 4 nitrogen and oxygen atoms in total. The van der Waals surface area contributed by atoms with Crippen LogP contribution in [0.3, 0.4) is 0 Å². The molecular formula is C18H22N2O2S. The molecule has 1 aliphatic rings. The first-order valence-corrected chi connectivity index (χ1v) is 9.39. The molecule has 0 amide bonds. The van der Waals surface area contributed by atoms with Gasteiger partial charge in [0, 0.05) is 18.8 Å². The van der Waals surface area contributed by atoms with Crippen molar-refractivity contribution in [1.82, 2.24) is 0 Å². The number of hydrogen-bond acceptors (Lipinski definition) is 3. The average molecular weight is 330 g/mol. The lowest BCUT2D eigenvalue weighted by Gasteiger charge is -2.19. The number of nitrogens with one attached hydrogen (secondary N) is 1. The van der Waals surface area contributed by atoms with E-state index in [1.165, 1.54) is 18.5 Å². The third-order valence-corrected chi connectivity index (χ3v) is 5.64. The highest BCUT2D eigenvalue weighted by Crippen LogP contribution is 2.27. The lowest BCUT2D eigenvalue weighted by atomic mass is 10.2. The molecule has 5 heteroatoms. The molecule has 2 aromatic carbocycles. The van der Waals surface area contributed by atoms with E-state index in [9.17, 15) is 8.42 Å². The van der Waals surface area contributed by atoms with E-state index in [2.05, 4.69) is 15.7 Å². The molecular weight excluding hydrogens is 308 g/mol. The fourth-order valence-corrected chi connectivity index (χ4v) is 3.99. The van der Waals surface area contributed by atoms with Crippen LogP contribution in [0.4, 0.5) is 11.4 Å². The molecule has 1 saturated heterocycles. The minimum Gasteiger partial charge on any atom is -0.372 e. The molecule has 3 rings (SSSR count).